The number of aromatic nitrogens is 2. The molecular weight excluding hydrogens is 1260 g/mol. The van der Waals surface area contributed by atoms with Gasteiger partial charge in [-0.2, -0.15) is 0 Å². The molecule has 0 unspecified atom stereocenters. The second-order valence-electron chi connectivity index (χ2n) is 27.3. The fourth-order valence-electron chi connectivity index (χ4n) is 11.6. The Morgan fingerprint density at radius 1 is 0.364 bits per heavy atom. The Kier molecular flexibility index (Phi) is 38.4. The number of rotatable bonds is 47. The van der Waals surface area contributed by atoms with Gasteiger partial charge < -0.3 is 107 Å². The summed E-state index contributed by atoms with van der Waals surface area (Å²) in [5.74, 6) is -0.882. The number of benzene rings is 2. The van der Waals surface area contributed by atoms with Gasteiger partial charge in [0.05, 0.1) is 12.1 Å². The summed E-state index contributed by atoms with van der Waals surface area (Å²) in [7, 11) is 0. The summed E-state index contributed by atoms with van der Waals surface area (Å²) < 4.78 is 0. The first kappa shape index (κ1) is 82.9. The van der Waals surface area contributed by atoms with Crippen molar-refractivity contribution >= 4 is 75.7 Å². The fourth-order valence-corrected chi connectivity index (χ4v) is 11.6. The van der Waals surface area contributed by atoms with Gasteiger partial charge in [0.1, 0.15) is 0 Å². The average molecular weight is 1390 g/mol. The lowest BCUT2D eigenvalue weighted by Crippen LogP contribution is -2.54. The number of aromatic amines is 2. The first-order valence-electron chi connectivity index (χ1n) is 35.7. The number of para-hydroxylation sites is 2. The Morgan fingerprint density at radius 2 is 0.677 bits per heavy atom. The molecule has 0 bridgehead atoms. The number of primary amides is 1. The second kappa shape index (κ2) is 45.9. The second-order valence-corrected chi connectivity index (χ2v) is 27.3. The molecule has 0 radical (unpaired) electrons. The van der Waals surface area contributed by atoms with E-state index < -0.39 is 72.3 Å². The molecule has 0 aliphatic heterocycles. The smallest absolute Gasteiger partial charge is 0.315 e. The highest BCUT2D eigenvalue weighted by Gasteiger charge is 2.26. The maximum atomic E-state index is 13.9. The van der Waals surface area contributed by atoms with E-state index >= 15 is 0 Å². The van der Waals surface area contributed by atoms with Gasteiger partial charge in [-0.05, 0) is 145 Å². The molecule has 0 fully saturated rings. The van der Waals surface area contributed by atoms with E-state index in [2.05, 4.69) is 84.4 Å². The van der Waals surface area contributed by atoms with Gasteiger partial charge in [-0.15, -0.1) is 0 Å². The third kappa shape index (κ3) is 33.7. The first-order valence-corrected chi connectivity index (χ1v) is 35.7. The third-order valence-electron chi connectivity index (χ3n) is 17.4. The van der Waals surface area contributed by atoms with Crippen LogP contribution in [-0.2, 0) is 27.2 Å². The predicted octanol–water partition coefficient (Wildman–Crippen LogP) is 5.00. The van der Waals surface area contributed by atoms with Crippen LogP contribution >= 0.6 is 0 Å². The van der Waals surface area contributed by atoms with E-state index in [1.807, 2.05) is 116 Å². The molecule has 0 spiro atoms. The summed E-state index contributed by atoms with van der Waals surface area (Å²) in [6.45, 7) is 17.3. The van der Waals surface area contributed by atoms with Crippen LogP contribution in [0.1, 0.15) is 163 Å². The van der Waals surface area contributed by atoms with Crippen molar-refractivity contribution in [2.45, 2.75) is 219 Å². The van der Waals surface area contributed by atoms with Crippen molar-refractivity contribution in [1.82, 2.24) is 84.4 Å². The average Bonchev–Trinajstić information content (AvgIpc) is 1.73. The predicted molar refractivity (Wildman–Crippen MR) is 390 cm³/mol. The molecule has 4 aromatic rings. The summed E-state index contributed by atoms with van der Waals surface area (Å²) in [6.07, 6.45) is 11.8. The Balaban J connectivity index is 1.37. The number of hydrogen-bond donors (Lipinski definition) is 20. The molecule has 29 nitrogen and oxygen atoms in total. The van der Waals surface area contributed by atoms with Crippen LogP contribution in [0.25, 0.3) is 21.8 Å². The van der Waals surface area contributed by atoms with Crippen molar-refractivity contribution in [3.63, 3.8) is 0 Å². The Labute approximate surface area is 584 Å². The topological polar surface area (TPSA) is 458 Å². The van der Waals surface area contributed by atoms with Crippen molar-refractivity contribution in [1.29, 1.82) is 0 Å². The lowest BCUT2D eigenvalue weighted by atomic mass is 9.99. The quantitative estimate of drug-likeness (QED) is 0.0260. The van der Waals surface area contributed by atoms with E-state index in [0.29, 0.717) is 96.7 Å². The lowest BCUT2D eigenvalue weighted by Gasteiger charge is -2.26. The molecule has 4 rings (SSSR count). The molecule has 24 N–H and O–H groups in total. The number of nitrogens with one attached hydrogen (secondary N) is 16. The van der Waals surface area contributed by atoms with Crippen molar-refractivity contribution < 1.29 is 43.2 Å². The molecule has 0 saturated carbocycles. The molecule has 2 heterocycles. The summed E-state index contributed by atoms with van der Waals surface area (Å²) >= 11 is 0. The third-order valence-corrected chi connectivity index (χ3v) is 17.4. The minimum atomic E-state index is -0.606. The lowest BCUT2D eigenvalue weighted by molar-refractivity contribution is -0.122. The highest BCUT2D eigenvalue weighted by atomic mass is 16.2. The molecule has 15 amide bonds. The van der Waals surface area contributed by atoms with E-state index in [-0.39, 0.29) is 106 Å². The van der Waals surface area contributed by atoms with Gasteiger partial charge in [0.25, 0.3) is 0 Å². The number of amides is 15. The van der Waals surface area contributed by atoms with Gasteiger partial charge in [0.15, 0.2) is 0 Å². The molecule has 2 aromatic carbocycles. The molecule has 2 aromatic heterocycles. The number of hydrogen-bond acceptors (Lipinski definition) is 12. The fraction of sp³-hybridized carbons (Fsp3) is 0.643. The normalized spacial score (nSPS) is 13.8. The Morgan fingerprint density at radius 3 is 1.02 bits per heavy atom. The van der Waals surface area contributed by atoms with Crippen LogP contribution in [0, 0.1) is 17.8 Å². The zero-order valence-corrected chi connectivity index (χ0v) is 59.9. The summed E-state index contributed by atoms with van der Waals surface area (Å²) in [5, 5.41) is 43.6. The number of urea groups is 6. The van der Waals surface area contributed by atoms with E-state index in [1.165, 1.54) is 0 Å². The van der Waals surface area contributed by atoms with Crippen LogP contribution in [0.2, 0.25) is 0 Å². The standard InChI is InChI=1S/C70H120N20O9/c1-44(2)57(26-29-62(74)91)88-68(97)79-41-52(21-15-18-34-73)85-65(94)80-42-53(35-48-37-75-60-24-11-9-22-55(48)60)86-66(95)77-39-50(19-13-16-32-71)83-63(92)30-27-58(45(3)4)89-69(98)81-43-54(36-49-38-76-61-25-12-10-23-56(49)61)87-67(96)78-40-51(20-14-17-33-72)84-64(93)31-28-59(46(5)6)90-70(99)82-47(7)8/h9-12,22-25,37-38,44-47,50-54,57-59,75-76H,13-21,26-36,39-43,71-73H2,1-8H3,(H2,74,91)(H,83,92)(H,84,93)(H2,77,86,95)(H2,78,87,96)(H2,79,88,97)(H2,80,85,94)(H2,81,89,98)(H2,82,90,99)/t50-,51-,52-,53-,54-,57+,58+,59+/m0/s1. The Bertz CT molecular complexity index is 3080. The number of fused-ring (bicyclic) bond motifs is 2. The van der Waals surface area contributed by atoms with E-state index in [4.69, 9.17) is 22.9 Å². The van der Waals surface area contributed by atoms with Gasteiger partial charge in [0.2, 0.25) is 17.7 Å². The van der Waals surface area contributed by atoms with Crippen molar-refractivity contribution in [2.24, 2.45) is 40.7 Å². The van der Waals surface area contributed by atoms with E-state index in [0.717, 1.165) is 45.8 Å². The zero-order chi connectivity index (χ0) is 72.7. The maximum absolute atomic E-state index is 13.9. The van der Waals surface area contributed by atoms with E-state index in [1.54, 1.807) is 0 Å². The van der Waals surface area contributed by atoms with Crippen LogP contribution in [0.5, 0.6) is 0 Å². The van der Waals surface area contributed by atoms with Crippen molar-refractivity contribution in [3.8, 4) is 0 Å². The van der Waals surface area contributed by atoms with Crippen LogP contribution in [0.15, 0.2) is 60.9 Å². The molecule has 0 saturated heterocycles. The minimum absolute atomic E-state index is 0.0288. The molecule has 8 atom stereocenters. The number of H-pyrrole nitrogens is 2. The molecule has 29 heteroatoms. The van der Waals surface area contributed by atoms with Gasteiger partial charge in [-0.3, -0.25) is 14.4 Å². The number of carbonyl (C=O) groups excluding carboxylic acids is 9. The Hall–Kier alpha value is -8.57. The largest absolute Gasteiger partial charge is 0.370 e. The molecule has 554 valence electrons. The van der Waals surface area contributed by atoms with E-state index in [9.17, 15) is 43.2 Å². The molecule has 0 aliphatic rings. The molecular formula is C70H120N20O9. The first-order chi connectivity index (χ1) is 47.4. The van der Waals surface area contributed by atoms with Crippen LogP contribution in [0.4, 0.5) is 28.8 Å². The monoisotopic (exact) mass is 1380 g/mol. The van der Waals surface area contributed by atoms with Gasteiger partial charge in [-0.1, -0.05) is 97.2 Å². The van der Waals surface area contributed by atoms with Crippen molar-refractivity contribution in [2.75, 3.05) is 52.4 Å². The summed E-state index contributed by atoms with van der Waals surface area (Å²) in [6, 6.07) is 9.33. The maximum Gasteiger partial charge on any atom is 0.315 e. The van der Waals surface area contributed by atoms with Crippen LogP contribution in [0.3, 0.4) is 0 Å². The SMILES string of the molecule is CC(C)NC(=O)N[C@H](CCC(=O)N[C@@H](CCCCN)CNC(=O)N[C@H](CNC(=O)N[C@H](CCC(=O)N[C@@H](CCCCN)CNC(=O)N[C@H](CNC(=O)N[C@@H](CCCCN)CNC(=O)N[C@H](CCC(N)=O)C(C)C)Cc1c[nH]c2ccccc12)C(C)C)Cc1c[nH]c2ccccc12)C(C)C. The van der Waals surface area contributed by atoms with Crippen molar-refractivity contribution in [3.05, 3.63) is 72.1 Å². The minimum Gasteiger partial charge on any atom is -0.370 e. The van der Waals surface area contributed by atoms with Crippen LogP contribution in [-0.4, -0.2) is 171 Å². The molecule has 0 aliphatic carbocycles. The highest BCUT2D eigenvalue weighted by Crippen LogP contribution is 2.21. The zero-order valence-electron chi connectivity index (χ0n) is 59.9. The summed E-state index contributed by atoms with van der Waals surface area (Å²) in [4.78, 5) is 126. The van der Waals surface area contributed by atoms with Gasteiger partial charge >= 0.3 is 36.2 Å². The number of unbranched alkanes of at least 4 members (excludes halogenated alkanes) is 3. The van der Waals surface area contributed by atoms with Crippen LogP contribution < -0.4 is 97.4 Å². The van der Waals surface area contributed by atoms with Gasteiger partial charge in [0, 0.05) is 128 Å². The summed E-state index contributed by atoms with van der Waals surface area (Å²) in [5.41, 5.74) is 26.5. The van der Waals surface area contributed by atoms with Gasteiger partial charge in [-0.25, -0.2) is 28.8 Å². The number of nitrogens with two attached hydrogens (primary N) is 4. The molecule has 99 heavy (non-hydrogen) atoms. The number of carbonyl (C=O) groups is 9. The highest BCUT2D eigenvalue weighted by molar-refractivity contribution is 5.85.